The molecule has 0 rings (SSSR count). The lowest BCUT2D eigenvalue weighted by molar-refractivity contribution is -0.119. The molecule has 3 nitrogen and oxygen atoms in total. The second-order valence-electron chi connectivity index (χ2n) is 1.71. The highest BCUT2D eigenvalue weighted by molar-refractivity contribution is 5.73. The molecule has 0 aromatic carbocycles. The van der Waals surface area contributed by atoms with Crippen molar-refractivity contribution in [2.24, 2.45) is 0 Å². The van der Waals surface area contributed by atoms with Gasteiger partial charge in [0, 0.05) is 6.92 Å². The lowest BCUT2D eigenvalue weighted by atomic mass is 10.5. The molecule has 0 aliphatic carbocycles. The van der Waals surface area contributed by atoms with Crippen molar-refractivity contribution in [3.63, 3.8) is 0 Å². The number of hydrogen-bond acceptors (Lipinski definition) is 2. The fourth-order valence-electron chi connectivity index (χ4n) is 0.377. The van der Waals surface area contributed by atoms with Gasteiger partial charge in [0.15, 0.2) is 0 Å². The SMILES string of the molecule is CN[C@@H](C)NC(C)=O. The minimum absolute atomic E-state index is 0.00755. The van der Waals surface area contributed by atoms with Crippen LogP contribution < -0.4 is 10.6 Å². The van der Waals surface area contributed by atoms with E-state index in [0.29, 0.717) is 0 Å². The van der Waals surface area contributed by atoms with Crippen molar-refractivity contribution in [1.29, 1.82) is 0 Å². The van der Waals surface area contributed by atoms with Gasteiger partial charge in [0.05, 0.1) is 6.17 Å². The van der Waals surface area contributed by atoms with Gasteiger partial charge >= 0.3 is 0 Å². The van der Waals surface area contributed by atoms with Gasteiger partial charge in [0.25, 0.3) is 0 Å². The number of hydrogen-bond donors (Lipinski definition) is 2. The third-order valence-corrected chi connectivity index (χ3v) is 0.853. The first-order chi connectivity index (χ1) is 3.66. The summed E-state index contributed by atoms with van der Waals surface area (Å²) in [7, 11) is 1.79. The van der Waals surface area contributed by atoms with Crippen LogP contribution in [0.25, 0.3) is 0 Å². The smallest absolute Gasteiger partial charge is 0.218 e. The Morgan fingerprint density at radius 1 is 1.62 bits per heavy atom. The second kappa shape index (κ2) is 3.43. The Morgan fingerprint density at radius 2 is 2.12 bits per heavy atom. The Morgan fingerprint density at radius 3 is 2.25 bits per heavy atom. The zero-order chi connectivity index (χ0) is 6.57. The molecule has 0 saturated heterocycles. The van der Waals surface area contributed by atoms with Gasteiger partial charge in [0.1, 0.15) is 0 Å². The van der Waals surface area contributed by atoms with Crippen LogP contribution in [0, 0.1) is 0 Å². The molecular weight excluding hydrogens is 104 g/mol. The van der Waals surface area contributed by atoms with Crippen LogP contribution in [0.3, 0.4) is 0 Å². The number of carbonyl (C=O) groups is 1. The molecule has 0 aromatic heterocycles. The standard InChI is InChI=1S/C5H12N2O/c1-4(6-3)7-5(2)8/h4,6H,1-3H3,(H,7,8)/t4-/m1/s1. The third kappa shape index (κ3) is 3.61. The van der Waals surface area contributed by atoms with Crippen molar-refractivity contribution < 1.29 is 4.79 Å². The highest BCUT2D eigenvalue weighted by atomic mass is 16.1. The van der Waals surface area contributed by atoms with Crippen molar-refractivity contribution in [3.8, 4) is 0 Å². The monoisotopic (exact) mass is 116 g/mol. The minimum Gasteiger partial charge on any atom is -0.341 e. The van der Waals surface area contributed by atoms with Gasteiger partial charge < -0.3 is 10.6 Å². The van der Waals surface area contributed by atoms with Gasteiger partial charge in [-0.25, -0.2) is 0 Å². The van der Waals surface area contributed by atoms with Gasteiger partial charge in [-0.05, 0) is 14.0 Å². The average Bonchev–Trinajstić information content (AvgIpc) is 1.65. The van der Waals surface area contributed by atoms with Crippen LogP contribution in [0.15, 0.2) is 0 Å². The van der Waals surface area contributed by atoms with Gasteiger partial charge in [-0.1, -0.05) is 0 Å². The summed E-state index contributed by atoms with van der Waals surface area (Å²) in [6, 6.07) is 0. The average molecular weight is 116 g/mol. The molecule has 1 amide bonds. The van der Waals surface area contributed by atoms with E-state index in [1.54, 1.807) is 7.05 Å². The summed E-state index contributed by atoms with van der Waals surface area (Å²) < 4.78 is 0. The summed E-state index contributed by atoms with van der Waals surface area (Å²) in [4.78, 5) is 10.3. The molecule has 0 radical (unpaired) electrons. The van der Waals surface area contributed by atoms with Gasteiger partial charge in [-0.3, -0.25) is 4.79 Å². The lowest BCUT2D eigenvalue weighted by Gasteiger charge is -2.09. The molecule has 0 fully saturated rings. The van der Waals surface area contributed by atoms with Crippen LogP contribution in [0.1, 0.15) is 13.8 Å². The van der Waals surface area contributed by atoms with E-state index in [9.17, 15) is 4.79 Å². The first-order valence-corrected chi connectivity index (χ1v) is 2.61. The first kappa shape index (κ1) is 7.43. The predicted octanol–water partition coefficient (Wildman–Crippen LogP) is -0.312. The van der Waals surface area contributed by atoms with E-state index in [0.717, 1.165) is 0 Å². The lowest BCUT2D eigenvalue weighted by Crippen LogP contribution is -2.39. The Hall–Kier alpha value is -0.570. The number of rotatable bonds is 2. The van der Waals surface area contributed by atoms with Crippen LogP contribution in [-0.4, -0.2) is 19.1 Å². The van der Waals surface area contributed by atoms with E-state index in [1.165, 1.54) is 6.92 Å². The van der Waals surface area contributed by atoms with Gasteiger partial charge in [-0.2, -0.15) is 0 Å². The Balaban J connectivity index is 3.24. The molecule has 3 heteroatoms. The molecule has 0 aliphatic heterocycles. The maximum atomic E-state index is 10.3. The third-order valence-electron chi connectivity index (χ3n) is 0.853. The first-order valence-electron chi connectivity index (χ1n) is 2.61. The molecular formula is C5H12N2O. The summed E-state index contributed by atoms with van der Waals surface area (Å²) in [5.41, 5.74) is 0. The molecule has 0 heterocycles. The molecule has 0 bridgehead atoms. The van der Waals surface area contributed by atoms with E-state index in [1.807, 2.05) is 6.92 Å². The summed E-state index contributed by atoms with van der Waals surface area (Å²) in [6.45, 7) is 3.37. The van der Waals surface area contributed by atoms with E-state index >= 15 is 0 Å². The highest BCUT2D eigenvalue weighted by Crippen LogP contribution is 1.69. The molecule has 0 aromatic rings. The molecule has 0 unspecified atom stereocenters. The summed E-state index contributed by atoms with van der Waals surface area (Å²) in [6.07, 6.45) is 0.0764. The molecule has 1 atom stereocenters. The number of amides is 1. The van der Waals surface area contributed by atoms with Crippen molar-refractivity contribution in [2.45, 2.75) is 20.0 Å². The van der Waals surface area contributed by atoms with Crippen LogP contribution in [0.4, 0.5) is 0 Å². The number of nitrogens with one attached hydrogen (secondary N) is 2. The zero-order valence-corrected chi connectivity index (χ0v) is 5.49. The fraction of sp³-hybridized carbons (Fsp3) is 0.800. The molecule has 2 N–H and O–H groups in total. The fourth-order valence-corrected chi connectivity index (χ4v) is 0.377. The molecule has 48 valence electrons. The van der Waals surface area contributed by atoms with Crippen LogP contribution >= 0.6 is 0 Å². The maximum absolute atomic E-state index is 10.3. The Labute approximate surface area is 49.5 Å². The van der Waals surface area contributed by atoms with Gasteiger partial charge in [-0.15, -0.1) is 0 Å². The normalized spacial score (nSPS) is 12.9. The van der Waals surface area contributed by atoms with E-state index in [2.05, 4.69) is 10.6 Å². The van der Waals surface area contributed by atoms with Gasteiger partial charge in [0.2, 0.25) is 5.91 Å². The van der Waals surface area contributed by atoms with E-state index in [4.69, 9.17) is 0 Å². The largest absolute Gasteiger partial charge is 0.341 e. The van der Waals surface area contributed by atoms with Crippen LogP contribution in [0.2, 0.25) is 0 Å². The van der Waals surface area contributed by atoms with Crippen molar-refractivity contribution in [3.05, 3.63) is 0 Å². The summed E-state index contributed by atoms with van der Waals surface area (Å²) >= 11 is 0. The minimum atomic E-state index is -0.00755. The molecule has 0 spiro atoms. The van der Waals surface area contributed by atoms with E-state index in [-0.39, 0.29) is 12.1 Å². The number of carbonyl (C=O) groups excluding carboxylic acids is 1. The van der Waals surface area contributed by atoms with Crippen molar-refractivity contribution >= 4 is 5.91 Å². The summed E-state index contributed by atoms with van der Waals surface area (Å²) in [5, 5.41) is 5.51. The Kier molecular flexibility index (Phi) is 3.19. The molecule has 0 aliphatic rings. The van der Waals surface area contributed by atoms with Crippen LogP contribution in [-0.2, 0) is 4.79 Å². The quantitative estimate of drug-likeness (QED) is 0.486. The molecule has 8 heavy (non-hydrogen) atoms. The predicted molar refractivity (Wildman–Crippen MR) is 32.3 cm³/mol. The Bertz CT molecular complexity index is 82.5. The second-order valence-corrected chi connectivity index (χ2v) is 1.71. The maximum Gasteiger partial charge on any atom is 0.218 e. The summed E-state index contributed by atoms with van der Waals surface area (Å²) in [5.74, 6) is -0.00755. The highest BCUT2D eigenvalue weighted by Gasteiger charge is 1.95. The zero-order valence-electron chi connectivity index (χ0n) is 5.49. The van der Waals surface area contributed by atoms with Crippen molar-refractivity contribution in [1.82, 2.24) is 10.6 Å². The van der Waals surface area contributed by atoms with Crippen molar-refractivity contribution in [2.75, 3.05) is 7.05 Å². The topological polar surface area (TPSA) is 41.1 Å². The van der Waals surface area contributed by atoms with Crippen LogP contribution in [0.5, 0.6) is 0 Å². The molecule has 0 saturated carbocycles. The van der Waals surface area contributed by atoms with E-state index < -0.39 is 0 Å².